The van der Waals surface area contributed by atoms with Crippen molar-refractivity contribution < 1.29 is 23.3 Å². The fourth-order valence-electron chi connectivity index (χ4n) is 3.48. The zero-order chi connectivity index (χ0) is 22.0. The molecule has 1 heterocycles. The molecule has 0 amide bonds. The van der Waals surface area contributed by atoms with E-state index in [-0.39, 0.29) is 31.4 Å². The van der Waals surface area contributed by atoms with Gasteiger partial charge < -0.3 is 9.47 Å². The smallest absolute Gasteiger partial charge is 0.308 e. The topological polar surface area (TPSA) is 72.9 Å². The Morgan fingerprint density at radius 3 is 1.86 bits per heavy atom. The lowest BCUT2D eigenvalue weighted by Gasteiger charge is -2.34. The van der Waals surface area contributed by atoms with E-state index < -0.39 is 33.4 Å². The van der Waals surface area contributed by atoms with Crippen molar-refractivity contribution in [2.45, 2.75) is 83.7 Å². The normalized spacial score (nSPS) is 20.8. The third-order valence-corrected chi connectivity index (χ3v) is 6.43. The summed E-state index contributed by atoms with van der Waals surface area (Å²) in [6.45, 7) is 13.2. The van der Waals surface area contributed by atoms with E-state index in [1.807, 2.05) is 65.8 Å². The number of nitrogens with zero attached hydrogens (tertiary/aromatic N) is 1. The van der Waals surface area contributed by atoms with Gasteiger partial charge in [-0.15, -0.1) is 0 Å². The van der Waals surface area contributed by atoms with Gasteiger partial charge in [0.15, 0.2) is 0 Å². The summed E-state index contributed by atoms with van der Waals surface area (Å²) in [5.74, 6) is -0.703. The Hall–Kier alpha value is -1.73. The van der Waals surface area contributed by atoms with Crippen LogP contribution in [0.1, 0.15) is 84.5 Å². The molecular formula is C22H33NO5S. The number of hydrogen-bond acceptors (Lipinski definition) is 5. The van der Waals surface area contributed by atoms with E-state index in [0.717, 1.165) is 11.1 Å². The van der Waals surface area contributed by atoms with Crippen LogP contribution < -0.4 is 0 Å². The summed E-state index contributed by atoms with van der Waals surface area (Å²) < 4.78 is 25.4. The van der Waals surface area contributed by atoms with Crippen molar-refractivity contribution in [2.75, 3.05) is 6.61 Å². The molecule has 0 fully saturated rings. The van der Waals surface area contributed by atoms with Crippen molar-refractivity contribution >= 4 is 22.9 Å². The predicted molar refractivity (Wildman–Crippen MR) is 113 cm³/mol. The van der Waals surface area contributed by atoms with Crippen LogP contribution in [-0.4, -0.2) is 37.4 Å². The highest BCUT2D eigenvalue weighted by Gasteiger charge is 2.46. The Kier molecular flexibility index (Phi) is 7.28. The molecule has 162 valence electrons. The third-order valence-electron chi connectivity index (χ3n) is 4.49. The molecule has 6 nitrogen and oxygen atoms in total. The van der Waals surface area contributed by atoms with Crippen molar-refractivity contribution in [3.63, 3.8) is 0 Å². The first-order valence-corrected chi connectivity index (χ1v) is 11.1. The number of esters is 2. The Morgan fingerprint density at radius 2 is 1.45 bits per heavy atom. The van der Waals surface area contributed by atoms with Gasteiger partial charge in [0.25, 0.3) is 0 Å². The molecule has 0 radical (unpaired) electrons. The van der Waals surface area contributed by atoms with Crippen LogP contribution in [0.25, 0.3) is 0 Å². The van der Waals surface area contributed by atoms with Crippen molar-refractivity contribution in [2.24, 2.45) is 0 Å². The van der Waals surface area contributed by atoms with Crippen LogP contribution in [0.3, 0.4) is 0 Å². The number of carbonyl (C=O) groups excluding carboxylic acids is 2. The molecule has 0 aromatic heterocycles. The SMILES string of the molecule is CCOC(=O)C[C@H]1c2ccccc2[C@H](CC(=O)OC(C)(C)C)N1S(=O)C(C)(C)C. The fourth-order valence-corrected chi connectivity index (χ4v) is 4.95. The monoisotopic (exact) mass is 423 g/mol. The van der Waals surface area contributed by atoms with Crippen LogP contribution in [0, 0.1) is 0 Å². The van der Waals surface area contributed by atoms with Crippen LogP contribution in [0.4, 0.5) is 0 Å². The Balaban J connectivity index is 2.46. The minimum absolute atomic E-state index is 0.0649. The molecule has 0 bridgehead atoms. The number of benzene rings is 1. The lowest BCUT2D eigenvalue weighted by atomic mass is 9.99. The van der Waals surface area contributed by atoms with Gasteiger partial charge in [-0.2, -0.15) is 0 Å². The lowest BCUT2D eigenvalue weighted by molar-refractivity contribution is -0.155. The van der Waals surface area contributed by atoms with Gasteiger partial charge in [-0.25, -0.2) is 8.51 Å². The first-order chi connectivity index (χ1) is 13.3. The average Bonchev–Trinajstić information content (AvgIpc) is 2.85. The van der Waals surface area contributed by atoms with Gasteiger partial charge in [-0.1, -0.05) is 24.3 Å². The highest BCUT2D eigenvalue weighted by Crippen LogP contribution is 2.48. The van der Waals surface area contributed by atoms with Crippen LogP contribution in [0.2, 0.25) is 0 Å². The second-order valence-electron chi connectivity index (χ2n) is 9.18. The van der Waals surface area contributed by atoms with E-state index in [1.165, 1.54) is 0 Å². The molecular weight excluding hydrogens is 390 g/mol. The summed E-state index contributed by atoms with van der Waals surface area (Å²) >= 11 is 0. The van der Waals surface area contributed by atoms with Crippen LogP contribution in [-0.2, 0) is 30.0 Å². The second-order valence-corrected chi connectivity index (χ2v) is 11.3. The van der Waals surface area contributed by atoms with Gasteiger partial charge >= 0.3 is 11.9 Å². The predicted octanol–water partition coefficient (Wildman–Crippen LogP) is 4.23. The Bertz CT molecular complexity index is 778. The summed E-state index contributed by atoms with van der Waals surface area (Å²) in [4.78, 5) is 24.9. The molecule has 0 spiro atoms. The lowest BCUT2D eigenvalue weighted by Crippen LogP contribution is -2.40. The number of ether oxygens (including phenoxy) is 2. The van der Waals surface area contributed by atoms with Crippen LogP contribution in [0.15, 0.2) is 24.3 Å². The molecule has 0 aliphatic carbocycles. The summed E-state index contributed by atoms with van der Waals surface area (Å²) in [7, 11) is -1.44. The van der Waals surface area contributed by atoms with E-state index in [0.29, 0.717) is 0 Å². The number of fused-ring (bicyclic) bond motifs is 1. The third kappa shape index (κ3) is 5.89. The minimum Gasteiger partial charge on any atom is -0.466 e. The number of carbonyl (C=O) groups is 2. The van der Waals surface area contributed by atoms with E-state index >= 15 is 0 Å². The maximum Gasteiger partial charge on any atom is 0.308 e. The molecule has 1 aromatic rings. The largest absolute Gasteiger partial charge is 0.466 e. The van der Waals surface area contributed by atoms with E-state index in [1.54, 1.807) is 11.2 Å². The maximum atomic E-state index is 13.5. The molecule has 0 N–H and O–H groups in total. The highest BCUT2D eigenvalue weighted by atomic mass is 32.2. The van der Waals surface area contributed by atoms with Gasteiger partial charge in [0.2, 0.25) is 0 Å². The number of hydrogen-bond donors (Lipinski definition) is 0. The van der Waals surface area contributed by atoms with Crippen molar-refractivity contribution in [1.82, 2.24) is 4.31 Å². The molecule has 1 aliphatic heterocycles. The quantitative estimate of drug-likeness (QED) is 0.640. The molecule has 2 rings (SSSR count). The molecule has 0 saturated heterocycles. The average molecular weight is 424 g/mol. The summed E-state index contributed by atoms with van der Waals surface area (Å²) in [6.07, 6.45) is 0.146. The zero-order valence-electron chi connectivity index (χ0n) is 18.5. The van der Waals surface area contributed by atoms with E-state index in [9.17, 15) is 13.8 Å². The van der Waals surface area contributed by atoms with Gasteiger partial charge in [0, 0.05) is 0 Å². The minimum atomic E-state index is -1.44. The molecule has 1 aromatic carbocycles. The van der Waals surface area contributed by atoms with E-state index in [4.69, 9.17) is 9.47 Å². The van der Waals surface area contributed by atoms with Gasteiger partial charge in [-0.3, -0.25) is 9.59 Å². The van der Waals surface area contributed by atoms with Crippen LogP contribution >= 0.6 is 0 Å². The fraction of sp³-hybridized carbons (Fsp3) is 0.636. The van der Waals surface area contributed by atoms with E-state index in [2.05, 4.69) is 0 Å². The molecule has 0 saturated carbocycles. The standard InChI is InChI=1S/C22H33NO5S/c1-8-27-19(24)13-17-15-11-9-10-12-16(15)18(14-20(25)28-21(2,3)4)23(17)29(26)22(5,6)7/h9-12,17-18H,8,13-14H2,1-7H3/t17-,18-,29?/m0/s1. The van der Waals surface area contributed by atoms with Gasteiger partial charge in [0.1, 0.15) is 16.6 Å². The van der Waals surface area contributed by atoms with Crippen molar-refractivity contribution in [1.29, 1.82) is 0 Å². The zero-order valence-corrected chi connectivity index (χ0v) is 19.3. The second kappa shape index (κ2) is 8.96. The van der Waals surface area contributed by atoms with Crippen LogP contribution in [0.5, 0.6) is 0 Å². The molecule has 29 heavy (non-hydrogen) atoms. The Morgan fingerprint density at radius 1 is 0.966 bits per heavy atom. The highest BCUT2D eigenvalue weighted by molar-refractivity contribution is 7.84. The first kappa shape index (κ1) is 23.5. The summed E-state index contributed by atoms with van der Waals surface area (Å²) in [6, 6.07) is 6.80. The molecule has 3 atom stereocenters. The molecule has 7 heteroatoms. The number of rotatable bonds is 6. The van der Waals surface area contributed by atoms with Crippen molar-refractivity contribution in [3.8, 4) is 0 Å². The summed E-state index contributed by atoms with van der Waals surface area (Å²) in [5, 5.41) is 0. The first-order valence-electron chi connectivity index (χ1n) is 10.0. The van der Waals surface area contributed by atoms with Crippen molar-refractivity contribution in [3.05, 3.63) is 35.4 Å². The summed E-state index contributed by atoms with van der Waals surface area (Å²) in [5.41, 5.74) is 1.21. The Labute approximate surface area is 176 Å². The van der Waals surface area contributed by atoms with Gasteiger partial charge in [0.05, 0.1) is 36.3 Å². The molecule has 1 unspecified atom stereocenters. The molecule has 1 aliphatic rings. The maximum absolute atomic E-state index is 13.5. The van der Waals surface area contributed by atoms with Gasteiger partial charge in [-0.05, 0) is 59.6 Å².